The van der Waals surface area contributed by atoms with Gasteiger partial charge in [-0.2, -0.15) is 5.26 Å². The lowest BCUT2D eigenvalue weighted by Crippen LogP contribution is -2.48. The lowest BCUT2D eigenvalue weighted by Gasteiger charge is -2.33. The van der Waals surface area contributed by atoms with Crippen LogP contribution in [0, 0.1) is 23.2 Å². The van der Waals surface area contributed by atoms with E-state index in [4.69, 9.17) is 10.4 Å². The number of nitrogens with one attached hydrogen (secondary N) is 2. The molecule has 1 saturated carbocycles. The smallest absolute Gasteiger partial charge is 0.404 e. The molecule has 2 aliphatic rings. The van der Waals surface area contributed by atoms with Crippen molar-refractivity contribution in [1.82, 2.24) is 10.2 Å². The van der Waals surface area contributed by atoms with Crippen molar-refractivity contribution in [2.75, 3.05) is 18.4 Å². The van der Waals surface area contributed by atoms with Crippen molar-refractivity contribution in [2.24, 2.45) is 11.8 Å². The Hall–Kier alpha value is -3.86. The molecule has 2 aromatic rings. The monoisotopic (exact) mass is 474 g/mol. The van der Waals surface area contributed by atoms with Gasteiger partial charge in [-0.25, -0.2) is 4.79 Å². The number of hydrogen-bond donors (Lipinski definition) is 3. The van der Waals surface area contributed by atoms with E-state index in [1.54, 1.807) is 29.2 Å². The van der Waals surface area contributed by atoms with E-state index in [2.05, 4.69) is 16.7 Å². The molecule has 0 bridgehead atoms. The number of carboxylic acid groups (broad SMARTS) is 1. The summed E-state index contributed by atoms with van der Waals surface area (Å²) in [4.78, 5) is 39.6. The maximum Gasteiger partial charge on any atom is 0.404 e. The first-order valence-electron chi connectivity index (χ1n) is 12.1. The Bertz CT molecular complexity index is 1090. The van der Waals surface area contributed by atoms with Crippen LogP contribution in [0.4, 0.5) is 10.5 Å². The van der Waals surface area contributed by atoms with Gasteiger partial charge < -0.3 is 20.6 Å². The van der Waals surface area contributed by atoms with Crippen LogP contribution in [0.25, 0.3) is 0 Å². The number of nitrogens with zero attached hydrogens (tertiary/aromatic N) is 2. The molecule has 8 nitrogen and oxygen atoms in total. The lowest BCUT2D eigenvalue weighted by molar-refractivity contribution is -0.141. The Morgan fingerprint density at radius 2 is 1.66 bits per heavy atom. The molecule has 0 radical (unpaired) electrons. The fourth-order valence-electron chi connectivity index (χ4n) is 5.34. The van der Waals surface area contributed by atoms with E-state index in [1.165, 1.54) is 0 Å². The largest absolute Gasteiger partial charge is 0.465 e. The number of benzene rings is 2. The first kappa shape index (κ1) is 24.3. The molecule has 2 atom stereocenters. The summed E-state index contributed by atoms with van der Waals surface area (Å²) in [7, 11) is 0. The number of anilines is 1. The van der Waals surface area contributed by atoms with Gasteiger partial charge in [-0.15, -0.1) is 0 Å². The molecule has 35 heavy (non-hydrogen) atoms. The predicted octanol–water partition coefficient (Wildman–Crippen LogP) is 3.96. The molecular weight excluding hydrogens is 444 g/mol. The zero-order chi connectivity index (χ0) is 24.8. The van der Waals surface area contributed by atoms with E-state index in [-0.39, 0.29) is 29.6 Å². The summed E-state index contributed by atoms with van der Waals surface area (Å²) in [6.07, 6.45) is 2.65. The van der Waals surface area contributed by atoms with Crippen LogP contribution in [0.5, 0.6) is 0 Å². The summed E-state index contributed by atoms with van der Waals surface area (Å²) in [6.45, 7) is 0.927. The average molecular weight is 475 g/mol. The van der Waals surface area contributed by atoms with Gasteiger partial charge in [0, 0.05) is 30.6 Å². The third kappa shape index (κ3) is 5.80. The second-order valence-corrected chi connectivity index (χ2v) is 9.36. The molecular formula is C27H30N4O4. The molecule has 4 rings (SSSR count). The van der Waals surface area contributed by atoms with Gasteiger partial charge in [-0.3, -0.25) is 9.59 Å². The number of amides is 3. The average Bonchev–Trinajstić information content (AvgIpc) is 3.34. The normalized spacial score (nSPS) is 23.8. The van der Waals surface area contributed by atoms with Crippen LogP contribution >= 0.6 is 0 Å². The van der Waals surface area contributed by atoms with Gasteiger partial charge in [-0.05, 0) is 67.9 Å². The first-order chi connectivity index (χ1) is 17.0. The Balaban J connectivity index is 1.49. The van der Waals surface area contributed by atoms with Gasteiger partial charge in [-0.1, -0.05) is 30.3 Å². The molecule has 3 N–H and O–H groups in total. The molecule has 1 aliphatic heterocycles. The minimum Gasteiger partial charge on any atom is -0.465 e. The molecule has 1 saturated heterocycles. The Morgan fingerprint density at radius 1 is 0.971 bits per heavy atom. The summed E-state index contributed by atoms with van der Waals surface area (Å²) in [6, 6.07) is 18.0. The topological polar surface area (TPSA) is 123 Å². The predicted molar refractivity (Wildman–Crippen MR) is 131 cm³/mol. The van der Waals surface area contributed by atoms with Gasteiger partial charge in [0.25, 0.3) is 0 Å². The van der Waals surface area contributed by atoms with Crippen LogP contribution in [0.15, 0.2) is 54.6 Å². The molecule has 1 aliphatic carbocycles. The SMILES string of the molecule is N#Cc1ccc(NC(=O)[C@H]2[C@@H](c3ccccc3)CCN2C(=O)C2CCC(CNC(=O)O)CC2)cc1. The number of rotatable bonds is 6. The van der Waals surface area contributed by atoms with Crippen molar-refractivity contribution in [2.45, 2.75) is 44.1 Å². The van der Waals surface area contributed by atoms with E-state index in [9.17, 15) is 14.4 Å². The summed E-state index contributed by atoms with van der Waals surface area (Å²) >= 11 is 0. The van der Waals surface area contributed by atoms with Gasteiger partial charge >= 0.3 is 6.09 Å². The van der Waals surface area contributed by atoms with Gasteiger partial charge in [0.15, 0.2) is 0 Å². The van der Waals surface area contributed by atoms with Gasteiger partial charge in [0.1, 0.15) is 6.04 Å². The number of nitriles is 1. The number of carbonyl (C=O) groups excluding carboxylic acids is 2. The molecule has 3 amide bonds. The Labute approximate surface area is 204 Å². The number of hydrogen-bond acceptors (Lipinski definition) is 4. The fraction of sp³-hybridized carbons (Fsp3) is 0.407. The number of carbonyl (C=O) groups is 3. The molecule has 8 heteroatoms. The highest BCUT2D eigenvalue weighted by Gasteiger charge is 2.44. The minimum absolute atomic E-state index is 0.00746. The second kappa shape index (κ2) is 11.0. The quantitative estimate of drug-likeness (QED) is 0.585. The lowest BCUT2D eigenvalue weighted by atomic mass is 9.81. The highest BCUT2D eigenvalue weighted by Crippen LogP contribution is 2.38. The van der Waals surface area contributed by atoms with Crippen LogP contribution in [-0.4, -0.2) is 47.0 Å². The summed E-state index contributed by atoms with van der Waals surface area (Å²) < 4.78 is 0. The first-order valence-corrected chi connectivity index (χ1v) is 12.1. The van der Waals surface area contributed by atoms with E-state index in [0.29, 0.717) is 43.6 Å². The van der Waals surface area contributed by atoms with Crippen molar-refractivity contribution in [3.05, 3.63) is 65.7 Å². The van der Waals surface area contributed by atoms with E-state index in [1.807, 2.05) is 30.3 Å². The zero-order valence-corrected chi connectivity index (χ0v) is 19.5. The van der Waals surface area contributed by atoms with Crippen LogP contribution in [-0.2, 0) is 9.59 Å². The summed E-state index contributed by atoms with van der Waals surface area (Å²) in [5.41, 5.74) is 2.13. The Kier molecular flexibility index (Phi) is 7.66. The molecule has 0 unspecified atom stereocenters. The Morgan fingerprint density at radius 3 is 2.29 bits per heavy atom. The van der Waals surface area contributed by atoms with Crippen molar-refractivity contribution in [1.29, 1.82) is 5.26 Å². The summed E-state index contributed by atoms with van der Waals surface area (Å²) in [5, 5.41) is 23.3. The highest BCUT2D eigenvalue weighted by atomic mass is 16.4. The van der Waals surface area contributed by atoms with Crippen molar-refractivity contribution in [3.63, 3.8) is 0 Å². The third-order valence-corrected chi connectivity index (χ3v) is 7.20. The molecule has 0 aromatic heterocycles. The van der Waals surface area contributed by atoms with Gasteiger partial charge in [0.2, 0.25) is 11.8 Å². The van der Waals surface area contributed by atoms with Crippen molar-refractivity contribution in [3.8, 4) is 6.07 Å². The van der Waals surface area contributed by atoms with Gasteiger partial charge in [0.05, 0.1) is 11.6 Å². The van der Waals surface area contributed by atoms with Crippen LogP contribution in [0.1, 0.15) is 49.1 Å². The van der Waals surface area contributed by atoms with E-state index in [0.717, 1.165) is 18.4 Å². The molecule has 2 aromatic carbocycles. The maximum atomic E-state index is 13.6. The molecule has 1 heterocycles. The second-order valence-electron chi connectivity index (χ2n) is 9.36. The van der Waals surface area contributed by atoms with E-state index >= 15 is 0 Å². The van der Waals surface area contributed by atoms with Crippen LogP contribution in [0.2, 0.25) is 0 Å². The zero-order valence-electron chi connectivity index (χ0n) is 19.5. The highest BCUT2D eigenvalue weighted by molar-refractivity contribution is 5.98. The maximum absolute atomic E-state index is 13.6. The standard InChI is InChI=1S/C27H30N4O4/c28-16-18-8-12-22(13-9-18)30-25(32)24-23(20-4-2-1-3-5-20)14-15-31(24)26(33)21-10-6-19(7-11-21)17-29-27(34)35/h1-5,8-9,12-13,19,21,23-24,29H,6-7,10-11,14-15,17H2,(H,30,32)(H,34,35)/t19?,21?,23-,24-/m1/s1. The van der Waals surface area contributed by atoms with Crippen LogP contribution in [0.3, 0.4) is 0 Å². The van der Waals surface area contributed by atoms with Crippen molar-refractivity contribution >= 4 is 23.6 Å². The summed E-state index contributed by atoms with van der Waals surface area (Å²) in [5.74, 6) is -0.242. The van der Waals surface area contributed by atoms with Crippen LogP contribution < -0.4 is 10.6 Å². The number of likely N-dealkylation sites (tertiary alicyclic amines) is 1. The minimum atomic E-state index is -1.02. The van der Waals surface area contributed by atoms with Crippen molar-refractivity contribution < 1.29 is 19.5 Å². The molecule has 0 spiro atoms. The fourth-order valence-corrected chi connectivity index (χ4v) is 5.34. The van der Waals surface area contributed by atoms with E-state index < -0.39 is 12.1 Å². The third-order valence-electron chi connectivity index (χ3n) is 7.20. The molecule has 182 valence electrons. The molecule has 2 fully saturated rings.